The van der Waals surface area contributed by atoms with Gasteiger partial charge in [-0.3, -0.25) is 0 Å². The van der Waals surface area contributed by atoms with Crippen molar-refractivity contribution in [3.63, 3.8) is 0 Å². The average Bonchev–Trinajstić information content (AvgIpc) is 3.14. The third-order valence-electron chi connectivity index (χ3n) is 8.51. The highest BCUT2D eigenvalue weighted by molar-refractivity contribution is 5.95. The van der Waals surface area contributed by atoms with Crippen LogP contribution in [0.15, 0.2) is 198 Å². The van der Waals surface area contributed by atoms with Gasteiger partial charge in [-0.05, 0) is 115 Å². The Bertz CT molecular complexity index is 1820. The molecule has 2 aromatic carbocycles. The molecule has 1 N–H and O–H groups in total. The third kappa shape index (κ3) is 13.8. The molecule has 0 aliphatic carbocycles. The Labute approximate surface area is 308 Å². The molecule has 0 aromatic heterocycles. The van der Waals surface area contributed by atoms with E-state index in [0.717, 1.165) is 59.5 Å². The summed E-state index contributed by atoms with van der Waals surface area (Å²) in [5.74, 6) is 0.822. The first-order valence-corrected chi connectivity index (χ1v) is 18.0. The van der Waals surface area contributed by atoms with E-state index in [1.54, 1.807) is 0 Å². The smallest absolute Gasteiger partial charge is 0.126 e. The summed E-state index contributed by atoms with van der Waals surface area (Å²) in [6.45, 7) is 25.1. The number of aliphatic imine (C=N–C) groups is 1. The first kappa shape index (κ1) is 40.0. The van der Waals surface area contributed by atoms with Crippen LogP contribution in [0.1, 0.15) is 81.2 Å². The summed E-state index contributed by atoms with van der Waals surface area (Å²) >= 11 is 0. The topological polar surface area (TPSA) is 24.4 Å². The van der Waals surface area contributed by atoms with Crippen molar-refractivity contribution in [2.75, 3.05) is 0 Å². The number of amidine groups is 1. The normalized spacial score (nSPS) is 15.9. The Morgan fingerprint density at radius 2 is 1.69 bits per heavy atom. The van der Waals surface area contributed by atoms with Crippen LogP contribution in [0.25, 0.3) is 12.2 Å². The van der Waals surface area contributed by atoms with Gasteiger partial charge in [-0.2, -0.15) is 0 Å². The molecule has 1 aliphatic rings. The molecule has 0 radical (unpaired) electrons. The molecular formula is C49H56N2. The number of allylic oxidation sites excluding steroid dienone is 17. The minimum atomic E-state index is 0.0136. The number of nitrogens with zero attached hydrogens (tertiary/aromatic N) is 1. The highest BCUT2D eigenvalue weighted by atomic mass is 15.0. The first-order chi connectivity index (χ1) is 24.8. The predicted molar refractivity (Wildman–Crippen MR) is 228 cm³/mol. The van der Waals surface area contributed by atoms with Crippen LogP contribution in [-0.4, -0.2) is 5.84 Å². The summed E-state index contributed by atoms with van der Waals surface area (Å²) in [7, 11) is 0. The molecule has 3 rings (SSSR count). The second-order valence-electron chi connectivity index (χ2n) is 12.4. The van der Waals surface area contributed by atoms with Crippen molar-refractivity contribution < 1.29 is 0 Å². The largest absolute Gasteiger partial charge is 0.360 e. The summed E-state index contributed by atoms with van der Waals surface area (Å²) in [6, 6.07) is 17.1. The lowest BCUT2D eigenvalue weighted by Gasteiger charge is -2.23. The molecule has 0 fully saturated rings. The van der Waals surface area contributed by atoms with E-state index in [4.69, 9.17) is 4.99 Å². The summed E-state index contributed by atoms with van der Waals surface area (Å²) in [5.41, 5.74) is 11.4. The molecule has 262 valence electrons. The lowest BCUT2D eigenvalue weighted by atomic mass is 9.95. The highest BCUT2D eigenvalue weighted by Crippen LogP contribution is 2.28. The molecule has 2 aromatic rings. The number of hydrogen-bond acceptors (Lipinski definition) is 2. The Hall–Kier alpha value is -5.47. The summed E-state index contributed by atoms with van der Waals surface area (Å²) in [5, 5.41) is 3.62. The number of hydrogen-bond donors (Lipinski definition) is 1. The standard InChI is InChI=1S/C49H56N2/c1-9-14-24-38(6)46(27-15-10-2)36-47-37-48(44-28-20-17-21-29-44)51-49(50-47)31-22-30-43(13-5)40(8)34-41(12-4)25-18-16-19-26-42-33-32-39(7)45(35-42)23-11-3/h9-12,15,17-23,25-35,37,48H,1,4,6,8,13-14,16,24,36H2,2-3,5,7H3,(H,50,51)/b15-10-,23-11-,25-18+,26-19-,31-22+,41-34+,43-30+,46-27+. The van der Waals surface area contributed by atoms with Gasteiger partial charge in [0.05, 0.1) is 6.04 Å². The van der Waals surface area contributed by atoms with Crippen LogP contribution in [0, 0.1) is 6.92 Å². The summed E-state index contributed by atoms with van der Waals surface area (Å²) in [4.78, 5) is 5.04. The molecule has 0 saturated heterocycles. The predicted octanol–water partition coefficient (Wildman–Crippen LogP) is 13.6. The van der Waals surface area contributed by atoms with Crippen LogP contribution >= 0.6 is 0 Å². The number of rotatable bonds is 19. The van der Waals surface area contributed by atoms with Crippen LogP contribution in [0.4, 0.5) is 0 Å². The molecule has 0 spiro atoms. The van der Waals surface area contributed by atoms with Crippen LogP contribution in [0.3, 0.4) is 0 Å². The van der Waals surface area contributed by atoms with E-state index in [1.807, 2.05) is 44.2 Å². The van der Waals surface area contributed by atoms with Crippen molar-refractivity contribution in [2.24, 2.45) is 4.99 Å². The lowest BCUT2D eigenvalue weighted by molar-refractivity contribution is 0.758. The second kappa shape index (κ2) is 22.3. The highest BCUT2D eigenvalue weighted by Gasteiger charge is 2.17. The first-order valence-electron chi connectivity index (χ1n) is 18.0. The van der Waals surface area contributed by atoms with E-state index in [9.17, 15) is 0 Å². The van der Waals surface area contributed by atoms with Gasteiger partial charge in [-0.15, -0.1) is 6.58 Å². The van der Waals surface area contributed by atoms with Crippen LogP contribution in [0.5, 0.6) is 0 Å². The molecule has 2 nitrogen and oxygen atoms in total. The van der Waals surface area contributed by atoms with Gasteiger partial charge in [0.2, 0.25) is 0 Å². The van der Waals surface area contributed by atoms with Crippen molar-refractivity contribution in [2.45, 2.75) is 65.8 Å². The molecule has 1 heterocycles. The Balaban J connectivity index is 1.76. The van der Waals surface area contributed by atoms with Gasteiger partial charge in [0, 0.05) is 12.1 Å². The fraction of sp³-hybridized carbons (Fsp3) is 0.204. The van der Waals surface area contributed by atoms with Gasteiger partial charge < -0.3 is 5.32 Å². The Kier molecular flexibility index (Phi) is 17.5. The maximum absolute atomic E-state index is 5.04. The molecular weight excluding hydrogens is 617 g/mol. The lowest BCUT2D eigenvalue weighted by Crippen LogP contribution is -2.29. The SMILES string of the molecule is C=CCCC(=C)/C(=C/C=C\C)CC1=CC(c2ccccc2)NC(/C=C/C=C(\CC)C(=C)/C=C(C=C)/C=C/C/C=C\c2ccc(C)c(/C=C\C)c2)=N1. The Morgan fingerprint density at radius 1 is 0.902 bits per heavy atom. The van der Waals surface area contributed by atoms with Crippen molar-refractivity contribution in [3.05, 3.63) is 216 Å². The fourth-order valence-corrected chi connectivity index (χ4v) is 5.57. The Morgan fingerprint density at radius 3 is 2.39 bits per heavy atom. The minimum absolute atomic E-state index is 0.0136. The molecule has 2 heteroatoms. The zero-order chi connectivity index (χ0) is 36.8. The third-order valence-corrected chi connectivity index (χ3v) is 8.51. The van der Waals surface area contributed by atoms with Crippen LogP contribution in [0.2, 0.25) is 0 Å². The molecule has 51 heavy (non-hydrogen) atoms. The quantitative estimate of drug-likeness (QED) is 0.117. The summed E-state index contributed by atoms with van der Waals surface area (Å²) < 4.78 is 0. The molecule has 1 atom stereocenters. The molecule has 1 aliphatic heterocycles. The van der Waals surface area contributed by atoms with E-state index >= 15 is 0 Å². The molecule has 0 bridgehead atoms. The van der Waals surface area contributed by atoms with Crippen molar-refractivity contribution in [1.29, 1.82) is 0 Å². The maximum atomic E-state index is 5.04. The van der Waals surface area contributed by atoms with Gasteiger partial charge in [0.25, 0.3) is 0 Å². The van der Waals surface area contributed by atoms with E-state index < -0.39 is 0 Å². The molecule has 0 amide bonds. The zero-order valence-electron chi connectivity index (χ0n) is 31.2. The minimum Gasteiger partial charge on any atom is -0.360 e. The average molecular weight is 673 g/mol. The monoisotopic (exact) mass is 672 g/mol. The van der Waals surface area contributed by atoms with Gasteiger partial charge in [0.1, 0.15) is 5.84 Å². The maximum Gasteiger partial charge on any atom is 0.126 e. The zero-order valence-corrected chi connectivity index (χ0v) is 31.2. The molecule has 1 unspecified atom stereocenters. The van der Waals surface area contributed by atoms with E-state index in [-0.39, 0.29) is 6.04 Å². The van der Waals surface area contributed by atoms with Gasteiger partial charge in [-0.1, -0.05) is 154 Å². The summed E-state index contributed by atoms with van der Waals surface area (Å²) in [6.07, 6.45) is 37.7. The van der Waals surface area contributed by atoms with Gasteiger partial charge in [0.15, 0.2) is 0 Å². The van der Waals surface area contributed by atoms with Gasteiger partial charge >= 0.3 is 0 Å². The van der Waals surface area contributed by atoms with Crippen molar-refractivity contribution in [1.82, 2.24) is 5.32 Å². The van der Waals surface area contributed by atoms with E-state index in [2.05, 4.69) is 161 Å². The van der Waals surface area contributed by atoms with Gasteiger partial charge in [-0.25, -0.2) is 4.99 Å². The van der Waals surface area contributed by atoms with Crippen molar-refractivity contribution in [3.8, 4) is 0 Å². The number of benzene rings is 2. The van der Waals surface area contributed by atoms with E-state index in [1.165, 1.54) is 27.8 Å². The second-order valence-corrected chi connectivity index (χ2v) is 12.4. The molecule has 0 saturated carbocycles. The number of aryl methyl sites for hydroxylation is 1. The van der Waals surface area contributed by atoms with E-state index in [0.29, 0.717) is 6.42 Å². The van der Waals surface area contributed by atoms with Crippen LogP contribution in [-0.2, 0) is 0 Å². The van der Waals surface area contributed by atoms with Crippen molar-refractivity contribution >= 4 is 18.0 Å². The fourth-order valence-electron chi connectivity index (χ4n) is 5.57. The van der Waals surface area contributed by atoms with Crippen LogP contribution < -0.4 is 5.32 Å². The number of nitrogens with one attached hydrogen (secondary N) is 1.